The molecule has 0 aromatic heterocycles. The fraction of sp³-hybridized carbons (Fsp3) is 0.600. The summed E-state index contributed by atoms with van der Waals surface area (Å²) in [5.41, 5.74) is 0. The molecule has 0 aromatic rings. The number of carbonyl (C=O) groups excluding carboxylic acids is 1. The molecule has 4 heteroatoms. The molecule has 1 N–H and O–H groups in total. The van der Waals surface area contributed by atoms with Crippen LogP contribution in [0.5, 0.6) is 0 Å². The molecular formula is C5H9AgO3. The van der Waals surface area contributed by atoms with Crippen LogP contribution in [0.15, 0.2) is 0 Å². The van der Waals surface area contributed by atoms with Crippen molar-refractivity contribution < 1.29 is 35.8 Å². The fourth-order valence-electron chi connectivity index (χ4n) is 0. The van der Waals surface area contributed by atoms with E-state index in [0.717, 1.165) is 6.92 Å². The van der Waals surface area contributed by atoms with Gasteiger partial charge in [-0.1, -0.05) is 0 Å². The second-order valence-electron chi connectivity index (χ2n) is 1.19. The first-order valence-electron chi connectivity index (χ1n) is 2.34. The van der Waals surface area contributed by atoms with Crippen LogP contribution in [0.4, 0.5) is 0 Å². The molecule has 0 radical (unpaired) electrons. The summed E-state index contributed by atoms with van der Waals surface area (Å²) in [4.78, 5) is 18.7. The van der Waals surface area contributed by atoms with E-state index in [4.69, 9.17) is 9.90 Å². The van der Waals surface area contributed by atoms with E-state index in [0.29, 0.717) is 6.42 Å². The van der Waals surface area contributed by atoms with Crippen LogP contribution >= 0.6 is 0 Å². The van der Waals surface area contributed by atoms with E-state index in [1.807, 2.05) is 0 Å². The Morgan fingerprint density at radius 1 is 1.56 bits per heavy atom. The molecule has 3 nitrogen and oxygen atoms in total. The number of rotatable bonds is 1. The maximum atomic E-state index is 9.73. The predicted octanol–water partition coefficient (Wildman–Crippen LogP) is 0.561. The average molecular weight is 225 g/mol. The Bertz CT molecular complexity index is 96.4. The molecule has 0 unspecified atom stereocenters. The molecule has 0 fully saturated rings. The SMILES string of the molecule is CC(=O)O.CC[C](=O)[Ag]. The van der Waals surface area contributed by atoms with E-state index >= 15 is 0 Å². The summed E-state index contributed by atoms with van der Waals surface area (Å²) in [6.07, 6.45) is 0.582. The molecule has 0 aliphatic heterocycles. The average Bonchev–Trinajstić information content (AvgIpc) is 1.65. The van der Waals surface area contributed by atoms with Crippen molar-refractivity contribution in [1.82, 2.24) is 0 Å². The first-order valence-corrected chi connectivity index (χ1v) is 3.08. The molecule has 0 rings (SSSR count). The van der Waals surface area contributed by atoms with Gasteiger partial charge in [-0.15, -0.1) is 0 Å². The first-order chi connectivity index (χ1) is 4.00. The molecule has 0 atom stereocenters. The van der Waals surface area contributed by atoms with Gasteiger partial charge in [0.25, 0.3) is 5.97 Å². The Balaban J connectivity index is 0. The van der Waals surface area contributed by atoms with Gasteiger partial charge in [0, 0.05) is 6.92 Å². The zero-order chi connectivity index (χ0) is 7.86. The van der Waals surface area contributed by atoms with Gasteiger partial charge >= 0.3 is 43.2 Å². The first kappa shape index (κ1) is 11.6. The molecule has 0 aromatic carbocycles. The van der Waals surface area contributed by atoms with E-state index < -0.39 is 5.97 Å². The Morgan fingerprint density at radius 2 is 1.67 bits per heavy atom. The molecule has 0 saturated heterocycles. The number of hydrogen-bond acceptors (Lipinski definition) is 2. The molecule has 0 aliphatic rings. The van der Waals surface area contributed by atoms with Gasteiger partial charge in [-0.25, -0.2) is 0 Å². The van der Waals surface area contributed by atoms with Crippen molar-refractivity contribution in [2.45, 2.75) is 20.3 Å². The van der Waals surface area contributed by atoms with Gasteiger partial charge in [0.15, 0.2) is 0 Å². The Morgan fingerprint density at radius 3 is 1.67 bits per heavy atom. The number of carboxylic acids is 1. The van der Waals surface area contributed by atoms with E-state index in [-0.39, 0.29) is 4.00 Å². The van der Waals surface area contributed by atoms with Gasteiger partial charge in [0.2, 0.25) is 0 Å². The normalized spacial score (nSPS) is 7.11. The summed E-state index contributed by atoms with van der Waals surface area (Å²) >= 11 is 2.75. The topological polar surface area (TPSA) is 54.4 Å². The number of carbonyl (C=O) groups is 2. The van der Waals surface area contributed by atoms with Crippen molar-refractivity contribution >= 4 is 9.97 Å². The zero-order valence-electron chi connectivity index (χ0n) is 5.27. The van der Waals surface area contributed by atoms with Crippen molar-refractivity contribution in [2.24, 2.45) is 0 Å². The fourth-order valence-corrected chi connectivity index (χ4v) is 0. The molecule has 0 spiro atoms. The zero-order valence-corrected chi connectivity index (χ0v) is 6.75. The summed E-state index contributed by atoms with van der Waals surface area (Å²) < 4.78 is 0.0646. The van der Waals surface area contributed by atoms with E-state index in [1.54, 1.807) is 6.92 Å². The summed E-state index contributed by atoms with van der Waals surface area (Å²) in [7, 11) is 0. The Hall–Kier alpha value is -0.120. The van der Waals surface area contributed by atoms with Gasteiger partial charge in [-0.3, -0.25) is 4.79 Å². The minimum absolute atomic E-state index is 0.0646. The third-order valence-electron chi connectivity index (χ3n) is 0.251. The van der Waals surface area contributed by atoms with Crippen molar-refractivity contribution in [3.63, 3.8) is 0 Å². The van der Waals surface area contributed by atoms with Gasteiger partial charge in [-0.2, -0.15) is 0 Å². The summed E-state index contributed by atoms with van der Waals surface area (Å²) in [6.45, 7) is 2.89. The van der Waals surface area contributed by atoms with E-state index in [9.17, 15) is 4.79 Å². The van der Waals surface area contributed by atoms with Crippen LogP contribution in [0.3, 0.4) is 0 Å². The number of hydrogen-bond donors (Lipinski definition) is 1. The van der Waals surface area contributed by atoms with Crippen LogP contribution in [0.1, 0.15) is 20.3 Å². The third-order valence-corrected chi connectivity index (χ3v) is 0.775. The quantitative estimate of drug-likeness (QED) is 0.663. The molecule has 9 heavy (non-hydrogen) atoms. The summed E-state index contributed by atoms with van der Waals surface area (Å²) in [5.74, 6) is -0.833. The van der Waals surface area contributed by atoms with Crippen LogP contribution in [-0.2, 0) is 30.7 Å². The van der Waals surface area contributed by atoms with E-state index in [2.05, 4.69) is 21.1 Å². The van der Waals surface area contributed by atoms with Gasteiger partial charge in [0.05, 0.1) is 0 Å². The van der Waals surface area contributed by atoms with Crippen molar-refractivity contribution in [3.8, 4) is 0 Å². The van der Waals surface area contributed by atoms with Crippen LogP contribution in [-0.4, -0.2) is 15.1 Å². The molecule has 0 heterocycles. The van der Waals surface area contributed by atoms with Crippen molar-refractivity contribution in [3.05, 3.63) is 0 Å². The molecule has 0 amide bonds. The molecule has 0 bridgehead atoms. The minimum atomic E-state index is -0.833. The molecule has 58 valence electrons. The maximum absolute atomic E-state index is 9.73. The van der Waals surface area contributed by atoms with Crippen LogP contribution in [0.2, 0.25) is 0 Å². The summed E-state index contributed by atoms with van der Waals surface area (Å²) in [6, 6.07) is 0. The Labute approximate surface area is 66.4 Å². The van der Waals surface area contributed by atoms with Gasteiger partial charge in [0.1, 0.15) is 0 Å². The predicted molar refractivity (Wildman–Crippen MR) is 28.6 cm³/mol. The van der Waals surface area contributed by atoms with Crippen molar-refractivity contribution in [1.29, 1.82) is 0 Å². The van der Waals surface area contributed by atoms with Crippen molar-refractivity contribution in [2.75, 3.05) is 0 Å². The van der Waals surface area contributed by atoms with Crippen LogP contribution in [0.25, 0.3) is 0 Å². The Kier molecular flexibility index (Phi) is 10.2. The van der Waals surface area contributed by atoms with E-state index in [1.165, 1.54) is 0 Å². The standard InChI is InChI=1S/C3H5O.C2H4O2.Ag/c1-2-3-4;1-2(3)4;/h2H2,1H3;1H3,(H,3,4);. The van der Waals surface area contributed by atoms with Crippen LogP contribution in [0, 0.1) is 0 Å². The molecular weight excluding hydrogens is 216 g/mol. The van der Waals surface area contributed by atoms with Gasteiger partial charge < -0.3 is 5.11 Å². The third kappa shape index (κ3) is 77.1. The second-order valence-corrected chi connectivity index (χ2v) is 2.01. The number of aliphatic carboxylic acids is 1. The number of carboxylic acid groups (broad SMARTS) is 1. The second kappa shape index (κ2) is 7.88. The monoisotopic (exact) mass is 224 g/mol. The molecule has 0 aliphatic carbocycles. The summed E-state index contributed by atoms with van der Waals surface area (Å²) in [5, 5.41) is 7.42. The van der Waals surface area contributed by atoms with Crippen LogP contribution < -0.4 is 0 Å². The van der Waals surface area contributed by atoms with Gasteiger partial charge in [-0.05, 0) is 0 Å². The molecule has 0 saturated carbocycles.